The van der Waals surface area contributed by atoms with Gasteiger partial charge >= 0.3 is 0 Å². The van der Waals surface area contributed by atoms with Crippen LogP contribution in [0.25, 0.3) is 0 Å². The zero-order valence-corrected chi connectivity index (χ0v) is 6.31. The first kappa shape index (κ1) is 7.73. The molecule has 1 saturated carbocycles. The topological polar surface area (TPSA) is 43.1 Å². The number of hydrogen-bond donors (Lipinski definition) is 1. The van der Waals surface area contributed by atoms with Crippen LogP contribution in [0.3, 0.4) is 0 Å². The zero-order valence-electron chi connectivity index (χ0n) is 6.31. The predicted molar refractivity (Wildman–Crippen MR) is 40.6 cm³/mol. The Hall–Kier alpha value is -0.370. The SMILES string of the molecule is NCC1CCCCC(=O)C1. The second-order valence-corrected chi connectivity index (χ2v) is 3.09. The summed E-state index contributed by atoms with van der Waals surface area (Å²) in [7, 11) is 0. The monoisotopic (exact) mass is 141 g/mol. The van der Waals surface area contributed by atoms with Gasteiger partial charge in [0.15, 0.2) is 0 Å². The largest absolute Gasteiger partial charge is 0.330 e. The molecule has 58 valence electrons. The molecule has 0 aliphatic heterocycles. The van der Waals surface area contributed by atoms with Crippen LogP contribution >= 0.6 is 0 Å². The number of rotatable bonds is 1. The molecule has 2 nitrogen and oxygen atoms in total. The molecule has 0 amide bonds. The Kier molecular flexibility index (Phi) is 2.87. The van der Waals surface area contributed by atoms with Crippen molar-refractivity contribution in [3.8, 4) is 0 Å². The maximum absolute atomic E-state index is 11.0. The van der Waals surface area contributed by atoms with E-state index in [9.17, 15) is 4.79 Å². The predicted octanol–water partition coefficient (Wildman–Crippen LogP) is 1.09. The van der Waals surface area contributed by atoms with Crippen LogP contribution < -0.4 is 5.73 Å². The molecule has 0 radical (unpaired) electrons. The van der Waals surface area contributed by atoms with Crippen molar-refractivity contribution < 1.29 is 4.79 Å². The highest BCUT2D eigenvalue weighted by Crippen LogP contribution is 2.19. The third-order valence-electron chi connectivity index (χ3n) is 2.17. The highest BCUT2D eigenvalue weighted by atomic mass is 16.1. The molecule has 2 N–H and O–H groups in total. The smallest absolute Gasteiger partial charge is 0.133 e. The Balaban J connectivity index is 2.38. The molecule has 10 heavy (non-hydrogen) atoms. The summed E-state index contributed by atoms with van der Waals surface area (Å²) in [6.45, 7) is 0.686. The van der Waals surface area contributed by atoms with Crippen molar-refractivity contribution >= 4 is 5.78 Å². The summed E-state index contributed by atoms with van der Waals surface area (Å²) in [6, 6.07) is 0. The van der Waals surface area contributed by atoms with Gasteiger partial charge < -0.3 is 5.73 Å². The minimum absolute atomic E-state index is 0.410. The lowest BCUT2D eigenvalue weighted by atomic mass is 10.0. The second kappa shape index (κ2) is 3.71. The molecule has 0 bridgehead atoms. The van der Waals surface area contributed by atoms with Gasteiger partial charge in [-0.15, -0.1) is 0 Å². The summed E-state index contributed by atoms with van der Waals surface area (Å²) in [6.07, 6.45) is 4.94. The van der Waals surface area contributed by atoms with E-state index >= 15 is 0 Å². The number of nitrogens with two attached hydrogens (primary N) is 1. The van der Waals surface area contributed by atoms with Crippen molar-refractivity contribution in [1.29, 1.82) is 0 Å². The third kappa shape index (κ3) is 2.10. The first-order valence-corrected chi connectivity index (χ1v) is 4.04. The van der Waals surface area contributed by atoms with Crippen LogP contribution in [0.2, 0.25) is 0 Å². The third-order valence-corrected chi connectivity index (χ3v) is 2.17. The molecule has 0 spiro atoms. The van der Waals surface area contributed by atoms with Gasteiger partial charge in [-0.05, 0) is 25.3 Å². The van der Waals surface area contributed by atoms with Gasteiger partial charge in [0.1, 0.15) is 5.78 Å². The van der Waals surface area contributed by atoms with E-state index in [2.05, 4.69) is 0 Å². The highest BCUT2D eigenvalue weighted by Gasteiger charge is 2.15. The Morgan fingerprint density at radius 3 is 3.00 bits per heavy atom. The van der Waals surface area contributed by atoms with E-state index < -0.39 is 0 Å². The zero-order chi connectivity index (χ0) is 7.40. The highest BCUT2D eigenvalue weighted by molar-refractivity contribution is 5.78. The van der Waals surface area contributed by atoms with Crippen LogP contribution in [-0.4, -0.2) is 12.3 Å². The summed E-state index contributed by atoms with van der Waals surface area (Å²) in [4.78, 5) is 11.0. The van der Waals surface area contributed by atoms with Crippen molar-refractivity contribution in [2.45, 2.75) is 32.1 Å². The summed E-state index contributed by atoms with van der Waals surface area (Å²) < 4.78 is 0. The number of hydrogen-bond acceptors (Lipinski definition) is 2. The van der Waals surface area contributed by atoms with Crippen LogP contribution in [0.15, 0.2) is 0 Å². The van der Waals surface area contributed by atoms with E-state index in [1.807, 2.05) is 0 Å². The van der Waals surface area contributed by atoms with E-state index in [1.165, 1.54) is 6.42 Å². The fourth-order valence-corrected chi connectivity index (χ4v) is 1.48. The molecule has 0 aromatic heterocycles. The quantitative estimate of drug-likeness (QED) is 0.555. The summed E-state index contributed by atoms with van der Waals surface area (Å²) >= 11 is 0. The first-order chi connectivity index (χ1) is 4.83. The Morgan fingerprint density at radius 2 is 2.30 bits per heavy atom. The number of carbonyl (C=O) groups excluding carboxylic acids is 1. The van der Waals surface area contributed by atoms with Gasteiger partial charge in [0.05, 0.1) is 0 Å². The van der Waals surface area contributed by atoms with Gasteiger partial charge in [-0.3, -0.25) is 4.79 Å². The van der Waals surface area contributed by atoms with Gasteiger partial charge in [-0.2, -0.15) is 0 Å². The van der Waals surface area contributed by atoms with E-state index in [1.54, 1.807) is 0 Å². The molecule has 0 heterocycles. The minimum Gasteiger partial charge on any atom is -0.330 e. The van der Waals surface area contributed by atoms with E-state index in [-0.39, 0.29) is 0 Å². The molecule has 1 unspecified atom stereocenters. The molecule has 0 saturated heterocycles. The lowest BCUT2D eigenvalue weighted by Gasteiger charge is -2.07. The van der Waals surface area contributed by atoms with Gasteiger partial charge in [0.25, 0.3) is 0 Å². The average molecular weight is 141 g/mol. The molecule has 1 rings (SSSR count). The van der Waals surface area contributed by atoms with Crippen LogP contribution in [0.5, 0.6) is 0 Å². The molecular formula is C8H15NO. The fraction of sp³-hybridized carbons (Fsp3) is 0.875. The number of ketones is 1. The maximum Gasteiger partial charge on any atom is 0.133 e. The lowest BCUT2D eigenvalue weighted by Crippen LogP contribution is -2.15. The summed E-state index contributed by atoms with van der Waals surface area (Å²) in [5, 5.41) is 0. The number of carbonyl (C=O) groups is 1. The van der Waals surface area contributed by atoms with Gasteiger partial charge in [0, 0.05) is 12.8 Å². The molecular weight excluding hydrogens is 126 g/mol. The van der Waals surface area contributed by atoms with Crippen LogP contribution in [0, 0.1) is 5.92 Å². The first-order valence-electron chi connectivity index (χ1n) is 4.04. The van der Waals surface area contributed by atoms with Crippen LogP contribution in [0.1, 0.15) is 32.1 Å². The van der Waals surface area contributed by atoms with E-state index in [0.29, 0.717) is 18.2 Å². The summed E-state index contributed by atoms with van der Waals surface area (Å²) in [5.41, 5.74) is 5.48. The normalized spacial score (nSPS) is 28.1. The molecule has 2 heteroatoms. The van der Waals surface area contributed by atoms with Crippen molar-refractivity contribution in [1.82, 2.24) is 0 Å². The van der Waals surface area contributed by atoms with Crippen LogP contribution in [-0.2, 0) is 4.79 Å². The minimum atomic E-state index is 0.410. The lowest BCUT2D eigenvalue weighted by molar-refractivity contribution is -0.119. The maximum atomic E-state index is 11.0. The van der Waals surface area contributed by atoms with E-state index in [4.69, 9.17) is 5.73 Å². The molecule has 1 fully saturated rings. The summed E-state index contributed by atoms with van der Waals surface area (Å²) in [5.74, 6) is 0.892. The number of Topliss-reactive ketones (excluding diaryl/α,β-unsaturated/α-hetero) is 1. The molecule has 1 atom stereocenters. The van der Waals surface area contributed by atoms with E-state index in [0.717, 1.165) is 25.7 Å². The standard InChI is InChI=1S/C8H15NO/c9-6-7-3-1-2-4-8(10)5-7/h7H,1-6,9H2. The van der Waals surface area contributed by atoms with Gasteiger partial charge in [0.2, 0.25) is 0 Å². The average Bonchev–Trinajstić information content (AvgIpc) is 2.13. The van der Waals surface area contributed by atoms with Crippen molar-refractivity contribution in [2.24, 2.45) is 11.7 Å². The molecule has 1 aliphatic carbocycles. The fourth-order valence-electron chi connectivity index (χ4n) is 1.48. The van der Waals surface area contributed by atoms with Gasteiger partial charge in [-0.25, -0.2) is 0 Å². The van der Waals surface area contributed by atoms with Gasteiger partial charge in [-0.1, -0.05) is 6.42 Å². The van der Waals surface area contributed by atoms with Crippen LogP contribution in [0.4, 0.5) is 0 Å². The van der Waals surface area contributed by atoms with Crippen molar-refractivity contribution in [3.05, 3.63) is 0 Å². The van der Waals surface area contributed by atoms with Crippen molar-refractivity contribution in [3.63, 3.8) is 0 Å². The molecule has 0 aromatic carbocycles. The Bertz CT molecular complexity index is 122. The Labute approximate surface area is 61.8 Å². The molecule has 0 aromatic rings. The second-order valence-electron chi connectivity index (χ2n) is 3.09. The van der Waals surface area contributed by atoms with Crippen molar-refractivity contribution in [2.75, 3.05) is 6.54 Å². The Morgan fingerprint density at radius 1 is 1.50 bits per heavy atom. The molecule has 1 aliphatic rings.